The highest BCUT2D eigenvalue weighted by Crippen LogP contribution is 1.83. The Morgan fingerprint density at radius 1 is 0.762 bits per heavy atom. The van der Waals surface area contributed by atoms with Gasteiger partial charge in [-0.25, -0.2) is 0 Å². The first kappa shape index (κ1) is 17.4. The molecule has 0 fully saturated rings. The van der Waals surface area contributed by atoms with Gasteiger partial charge >= 0.3 is 0 Å². The maximum absolute atomic E-state index is 11.0. The first-order valence-corrected chi connectivity index (χ1v) is 6.01. The predicted molar refractivity (Wildman–Crippen MR) is 83.2 cm³/mol. The molecule has 0 rings (SSSR count). The molecule has 0 aliphatic heterocycles. The van der Waals surface area contributed by atoms with E-state index in [1.807, 2.05) is 6.92 Å². The lowest BCUT2D eigenvalue weighted by Crippen LogP contribution is -2.16. The molecule has 2 heteroatoms. The van der Waals surface area contributed by atoms with Crippen molar-refractivity contribution in [2.24, 2.45) is 0 Å². The minimum atomic E-state index is -0.115. The molecule has 98 valence electrons. The second kappa shape index (κ2) is 14.5. The number of nitrogens with one attached hydrogen (secondary N) is 1. The van der Waals surface area contributed by atoms with Crippen molar-refractivity contribution in [1.29, 1.82) is 0 Å². The van der Waals surface area contributed by atoms with Gasteiger partial charge in [-0.05, 0) is 48.9 Å². The summed E-state index contributed by atoms with van der Waals surface area (Å²) < 4.78 is 0. The van der Waals surface area contributed by atoms with Gasteiger partial charge in [-0.2, -0.15) is 0 Å². The number of amides is 1. The lowest BCUT2D eigenvalue weighted by atomic mass is 10.3. The summed E-state index contributed by atoms with van der Waals surface area (Å²) in [6, 6.07) is 2.43. The van der Waals surface area contributed by atoms with Crippen molar-refractivity contribution in [3.05, 3.63) is 0 Å². The van der Waals surface area contributed by atoms with Crippen molar-refractivity contribution in [3.63, 3.8) is 0 Å². The molecule has 0 aliphatic rings. The number of carbonyl (C=O) groups is 1. The second-order valence-electron chi connectivity index (χ2n) is 3.17. The van der Waals surface area contributed by atoms with E-state index in [0.717, 1.165) is 6.42 Å². The number of carbonyl (C=O) groups excluding carboxylic acids is 1. The zero-order chi connectivity index (χ0) is 15.6. The Kier molecular flexibility index (Phi) is 12.0. The molecule has 0 atom stereocenters. The number of rotatable bonds is 2. The molecule has 0 aromatic carbocycles. The van der Waals surface area contributed by atoms with Crippen molar-refractivity contribution in [3.8, 4) is 83.0 Å². The Hall–Kier alpha value is -3.61. The molecule has 0 aromatic heterocycles. The zero-order valence-electron chi connectivity index (χ0n) is 11.8. The van der Waals surface area contributed by atoms with Gasteiger partial charge in [-0.1, -0.05) is 12.8 Å². The van der Waals surface area contributed by atoms with Crippen LogP contribution in [-0.2, 0) is 4.79 Å². The molecule has 0 bridgehead atoms. The Balaban J connectivity index is 4.20. The van der Waals surface area contributed by atoms with Crippen LogP contribution in [0.3, 0.4) is 0 Å². The van der Waals surface area contributed by atoms with E-state index in [1.165, 1.54) is 0 Å². The normalized spacial score (nSPS) is 5.43. The summed E-state index contributed by atoms with van der Waals surface area (Å²) >= 11 is 0. The molecule has 1 amide bonds. The molecule has 0 heterocycles. The standard InChI is InChI=1S/C19H11NO/c1-3-5-6-7-8-9-10-11-12-13-14-15-16-18-20-19(21)17-4-2/h4,17H2,1-2H3,(H,20,21). The van der Waals surface area contributed by atoms with Crippen LogP contribution < -0.4 is 5.32 Å². The average Bonchev–Trinajstić information content (AvgIpc) is 2.48. The molecule has 0 unspecified atom stereocenters. The third-order valence-corrected chi connectivity index (χ3v) is 1.55. The molecule has 0 aliphatic carbocycles. The summed E-state index contributed by atoms with van der Waals surface area (Å²) in [6.07, 6.45) is 1.23. The Bertz CT molecular complexity index is 796. The third-order valence-electron chi connectivity index (χ3n) is 1.55. The third kappa shape index (κ3) is 14.3. The summed E-state index contributed by atoms with van der Waals surface area (Å²) in [4.78, 5) is 11.0. The number of hydrogen-bond donors (Lipinski definition) is 1. The van der Waals surface area contributed by atoms with E-state index in [9.17, 15) is 4.79 Å². The summed E-state index contributed by atoms with van der Waals surface area (Å²) in [5, 5.41) is 2.40. The summed E-state index contributed by atoms with van der Waals surface area (Å²) in [5.74, 6) is 32.5. The van der Waals surface area contributed by atoms with E-state index in [4.69, 9.17) is 0 Å². The van der Waals surface area contributed by atoms with Crippen LogP contribution in [0.25, 0.3) is 0 Å². The summed E-state index contributed by atoms with van der Waals surface area (Å²) in [5.41, 5.74) is 0. The van der Waals surface area contributed by atoms with Crippen LogP contribution in [0.4, 0.5) is 0 Å². The van der Waals surface area contributed by atoms with Gasteiger partial charge in [0.25, 0.3) is 0 Å². The van der Waals surface area contributed by atoms with Crippen LogP contribution in [0.2, 0.25) is 0 Å². The second-order valence-corrected chi connectivity index (χ2v) is 3.17. The molecule has 1 N–H and O–H groups in total. The highest BCUT2D eigenvalue weighted by atomic mass is 16.1. The Labute approximate surface area is 126 Å². The van der Waals surface area contributed by atoms with Gasteiger partial charge < -0.3 is 0 Å². The molecular weight excluding hydrogens is 258 g/mol. The molecule has 0 aromatic rings. The van der Waals surface area contributed by atoms with Gasteiger partial charge in [0.05, 0.1) is 0 Å². The first-order chi connectivity index (χ1) is 10.3. The fourth-order valence-corrected chi connectivity index (χ4v) is 0.797. The Morgan fingerprint density at radius 3 is 1.62 bits per heavy atom. The van der Waals surface area contributed by atoms with E-state index >= 15 is 0 Å². The largest absolute Gasteiger partial charge is 0.284 e. The minimum absolute atomic E-state index is 0.115. The van der Waals surface area contributed by atoms with Gasteiger partial charge in [-0.15, -0.1) is 0 Å². The van der Waals surface area contributed by atoms with E-state index in [1.54, 1.807) is 6.92 Å². The SMILES string of the molecule is CC#CC#CC#CC#CC#CC#CC#CNC(=O)CCC. The van der Waals surface area contributed by atoms with E-state index in [-0.39, 0.29) is 5.91 Å². The average molecular weight is 269 g/mol. The monoisotopic (exact) mass is 269 g/mol. The molecule has 0 spiro atoms. The maximum Gasteiger partial charge on any atom is 0.231 e. The topological polar surface area (TPSA) is 29.1 Å². The smallest absolute Gasteiger partial charge is 0.231 e. The predicted octanol–water partition coefficient (Wildman–Crippen LogP) is 0.904. The van der Waals surface area contributed by atoms with Crippen LogP contribution in [0.5, 0.6) is 0 Å². The van der Waals surface area contributed by atoms with E-state index in [2.05, 4.69) is 88.3 Å². The molecule has 0 radical (unpaired) electrons. The van der Waals surface area contributed by atoms with Gasteiger partial charge in [0, 0.05) is 48.0 Å². The zero-order valence-corrected chi connectivity index (χ0v) is 11.8. The molecule has 2 nitrogen and oxygen atoms in total. The van der Waals surface area contributed by atoms with Crippen LogP contribution in [0.1, 0.15) is 26.7 Å². The lowest BCUT2D eigenvalue weighted by molar-refractivity contribution is -0.119. The van der Waals surface area contributed by atoms with Crippen molar-refractivity contribution in [2.75, 3.05) is 0 Å². The lowest BCUT2D eigenvalue weighted by Gasteiger charge is -1.90. The van der Waals surface area contributed by atoms with E-state index in [0.29, 0.717) is 6.42 Å². The molecule has 0 saturated heterocycles. The minimum Gasteiger partial charge on any atom is -0.284 e. The fraction of sp³-hybridized carbons (Fsp3) is 0.211. The molecule has 0 saturated carbocycles. The van der Waals surface area contributed by atoms with Crippen LogP contribution >= 0.6 is 0 Å². The molecule has 21 heavy (non-hydrogen) atoms. The Morgan fingerprint density at radius 2 is 1.19 bits per heavy atom. The summed E-state index contributed by atoms with van der Waals surface area (Å²) in [6.45, 7) is 3.61. The van der Waals surface area contributed by atoms with Gasteiger partial charge in [0.1, 0.15) is 0 Å². The molecular formula is C19H11NO. The van der Waals surface area contributed by atoms with Gasteiger partial charge in [0.2, 0.25) is 5.91 Å². The van der Waals surface area contributed by atoms with Crippen molar-refractivity contribution in [2.45, 2.75) is 26.7 Å². The summed E-state index contributed by atoms with van der Waals surface area (Å²) in [7, 11) is 0. The maximum atomic E-state index is 11.0. The van der Waals surface area contributed by atoms with Crippen molar-refractivity contribution >= 4 is 5.91 Å². The highest BCUT2D eigenvalue weighted by Gasteiger charge is 1.92. The quantitative estimate of drug-likeness (QED) is 0.586. The van der Waals surface area contributed by atoms with E-state index < -0.39 is 0 Å². The fourth-order valence-electron chi connectivity index (χ4n) is 0.797. The number of hydrogen-bond acceptors (Lipinski definition) is 1. The van der Waals surface area contributed by atoms with Crippen LogP contribution in [0, 0.1) is 83.0 Å². The van der Waals surface area contributed by atoms with Gasteiger partial charge in [0.15, 0.2) is 0 Å². The van der Waals surface area contributed by atoms with Crippen molar-refractivity contribution < 1.29 is 4.79 Å². The van der Waals surface area contributed by atoms with Gasteiger partial charge in [-0.3, -0.25) is 10.1 Å². The highest BCUT2D eigenvalue weighted by molar-refractivity contribution is 5.77. The van der Waals surface area contributed by atoms with Crippen LogP contribution in [0.15, 0.2) is 0 Å². The van der Waals surface area contributed by atoms with Crippen molar-refractivity contribution in [1.82, 2.24) is 5.32 Å². The first-order valence-electron chi connectivity index (χ1n) is 6.01. The van der Waals surface area contributed by atoms with Crippen LogP contribution in [-0.4, -0.2) is 5.91 Å².